The van der Waals surface area contributed by atoms with Crippen molar-refractivity contribution in [1.82, 2.24) is 5.32 Å². The molecule has 0 unspecified atom stereocenters. The lowest BCUT2D eigenvalue weighted by molar-refractivity contribution is -0.139. The van der Waals surface area contributed by atoms with Crippen LogP contribution in [0.25, 0.3) is 0 Å². The molecule has 144 valence electrons. The first kappa shape index (κ1) is 20.4. The molecule has 0 saturated heterocycles. The summed E-state index contributed by atoms with van der Waals surface area (Å²) in [5, 5.41) is 11.3. The van der Waals surface area contributed by atoms with Crippen LogP contribution < -0.4 is 10.1 Å². The Labute approximate surface area is 157 Å². The maximum Gasteiger partial charge on any atom is 0.341 e. The second-order valence-corrected chi connectivity index (χ2v) is 7.91. The molecule has 27 heavy (non-hydrogen) atoms. The first-order chi connectivity index (χ1) is 12.8. The number of carbonyl (C=O) groups excluding carboxylic acids is 1. The van der Waals surface area contributed by atoms with Gasteiger partial charge in [-0.1, -0.05) is 31.2 Å². The van der Waals surface area contributed by atoms with E-state index in [2.05, 4.69) is 5.32 Å². The number of carboxylic acids is 1. The van der Waals surface area contributed by atoms with Gasteiger partial charge in [-0.3, -0.25) is 4.79 Å². The largest absolute Gasteiger partial charge is 0.482 e. The Morgan fingerprint density at radius 3 is 2.56 bits per heavy atom. The lowest BCUT2D eigenvalue weighted by Crippen LogP contribution is -2.25. The fraction of sp³-hybridized carbons (Fsp3) is 0.263. The predicted octanol–water partition coefficient (Wildman–Crippen LogP) is 2.26. The van der Waals surface area contributed by atoms with Gasteiger partial charge in [-0.15, -0.1) is 0 Å². The summed E-state index contributed by atoms with van der Waals surface area (Å²) >= 11 is 0. The van der Waals surface area contributed by atoms with Crippen molar-refractivity contribution in [2.45, 2.75) is 24.8 Å². The number of carboxylic acid groups (broad SMARTS) is 1. The van der Waals surface area contributed by atoms with E-state index in [1.165, 1.54) is 12.1 Å². The third-order valence-corrected chi connectivity index (χ3v) is 5.63. The van der Waals surface area contributed by atoms with Gasteiger partial charge in [0.15, 0.2) is 16.4 Å². The molecule has 7 nitrogen and oxygen atoms in total. The average Bonchev–Trinajstić information content (AvgIpc) is 2.65. The average molecular weight is 391 g/mol. The van der Waals surface area contributed by atoms with E-state index in [0.29, 0.717) is 17.7 Å². The van der Waals surface area contributed by atoms with Gasteiger partial charge in [0.25, 0.3) is 5.91 Å². The van der Waals surface area contributed by atoms with Crippen LogP contribution in [0.1, 0.15) is 29.3 Å². The molecule has 0 bridgehead atoms. The second-order valence-electron chi connectivity index (χ2n) is 5.83. The van der Waals surface area contributed by atoms with Crippen LogP contribution in [0, 0.1) is 0 Å². The van der Waals surface area contributed by atoms with Gasteiger partial charge >= 0.3 is 5.97 Å². The van der Waals surface area contributed by atoms with Crippen LogP contribution in [0.2, 0.25) is 0 Å². The normalized spacial score (nSPS) is 11.0. The highest BCUT2D eigenvalue weighted by atomic mass is 32.2. The molecule has 2 N–H and O–H groups in total. The Morgan fingerprint density at radius 1 is 1.11 bits per heavy atom. The fourth-order valence-electron chi connectivity index (χ4n) is 2.47. The van der Waals surface area contributed by atoms with Gasteiger partial charge in [0, 0.05) is 6.54 Å². The van der Waals surface area contributed by atoms with Gasteiger partial charge < -0.3 is 15.2 Å². The SMILES string of the molecule is CCCS(=O)(=O)c1ccccc1C(=O)NCc1cccc(OCC(=O)O)c1. The standard InChI is InChI=1S/C19H21NO6S/c1-2-10-27(24,25)17-9-4-3-8-16(17)19(23)20-12-14-6-5-7-15(11-14)26-13-18(21)22/h3-9,11H,2,10,12-13H2,1H3,(H,20,23)(H,21,22). The number of ether oxygens (including phenoxy) is 1. The van der Waals surface area contributed by atoms with Crippen LogP contribution >= 0.6 is 0 Å². The Kier molecular flexibility index (Phi) is 6.95. The van der Waals surface area contributed by atoms with Crippen LogP contribution in [-0.2, 0) is 21.2 Å². The molecule has 0 aromatic heterocycles. The number of rotatable bonds is 9. The summed E-state index contributed by atoms with van der Waals surface area (Å²) in [6.45, 7) is 1.45. The van der Waals surface area contributed by atoms with Crippen molar-refractivity contribution >= 4 is 21.7 Å². The molecule has 2 rings (SSSR count). The van der Waals surface area contributed by atoms with Gasteiger partial charge in [-0.2, -0.15) is 0 Å². The molecular formula is C19H21NO6S. The smallest absolute Gasteiger partial charge is 0.341 e. The molecule has 2 aromatic rings. The predicted molar refractivity (Wildman–Crippen MR) is 99.5 cm³/mol. The van der Waals surface area contributed by atoms with Crippen molar-refractivity contribution in [3.8, 4) is 5.75 Å². The molecule has 0 aliphatic rings. The monoisotopic (exact) mass is 391 g/mol. The molecule has 0 heterocycles. The quantitative estimate of drug-likeness (QED) is 0.679. The van der Waals surface area contributed by atoms with Gasteiger partial charge in [-0.25, -0.2) is 13.2 Å². The molecule has 0 aliphatic heterocycles. The number of nitrogens with one attached hydrogen (secondary N) is 1. The van der Waals surface area contributed by atoms with Crippen molar-refractivity contribution in [1.29, 1.82) is 0 Å². The van der Waals surface area contributed by atoms with Gasteiger partial charge in [0.1, 0.15) is 5.75 Å². The molecule has 0 aliphatic carbocycles. The van der Waals surface area contributed by atoms with E-state index < -0.39 is 28.3 Å². The Bertz CT molecular complexity index is 923. The van der Waals surface area contributed by atoms with E-state index in [1.54, 1.807) is 43.3 Å². The summed E-state index contributed by atoms with van der Waals surface area (Å²) in [6, 6.07) is 12.8. The summed E-state index contributed by atoms with van der Waals surface area (Å²) < 4.78 is 29.8. The molecule has 0 atom stereocenters. The van der Waals surface area contributed by atoms with Gasteiger partial charge in [0.05, 0.1) is 16.2 Å². The van der Waals surface area contributed by atoms with Crippen LogP contribution in [0.3, 0.4) is 0 Å². The third kappa shape index (κ3) is 5.82. The molecule has 0 radical (unpaired) electrons. The molecule has 2 aromatic carbocycles. The number of hydrogen-bond donors (Lipinski definition) is 2. The zero-order valence-electron chi connectivity index (χ0n) is 14.8. The zero-order chi connectivity index (χ0) is 19.9. The number of amides is 1. The summed E-state index contributed by atoms with van der Waals surface area (Å²) in [4.78, 5) is 23.1. The Morgan fingerprint density at radius 2 is 1.85 bits per heavy atom. The highest BCUT2D eigenvalue weighted by molar-refractivity contribution is 7.91. The van der Waals surface area contributed by atoms with E-state index in [9.17, 15) is 18.0 Å². The van der Waals surface area contributed by atoms with E-state index in [1.807, 2.05) is 0 Å². The molecule has 1 amide bonds. The summed E-state index contributed by atoms with van der Waals surface area (Å²) in [5.41, 5.74) is 0.796. The fourth-order valence-corrected chi connectivity index (χ4v) is 4.01. The first-order valence-corrected chi connectivity index (χ1v) is 10.0. The van der Waals surface area contributed by atoms with Crippen molar-refractivity contribution in [3.63, 3.8) is 0 Å². The van der Waals surface area contributed by atoms with Gasteiger partial charge in [0.2, 0.25) is 0 Å². The first-order valence-electron chi connectivity index (χ1n) is 8.37. The number of benzene rings is 2. The van der Waals surface area contributed by atoms with Crippen molar-refractivity contribution in [3.05, 3.63) is 59.7 Å². The third-order valence-electron chi connectivity index (χ3n) is 3.65. The zero-order valence-corrected chi connectivity index (χ0v) is 15.7. The minimum Gasteiger partial charge on any atom is -0.482 e. The highest BCUT2D eigenvalue weighted by Gasteiger charge is 2.21. The van der Waals surface area contributed by atoms with Crippen molar-refractivity contribution in [2.24, 2.45) is 0 Å². The molecule has 0 saturated carbocycles. The highest BCUT2D eigenvalue weighted by Crippen LogP contribution is 2.18. The van der Waals surface area contributed by atoms with E-state index >= 15 is 0 Å². The lowest BCUT2D eigenvalue weighted by Gasteiger charge is -2.11. The van der Waals surface area contributed by atoms with Crippen LogP contribution in [0.15, 0.2) is 53.4 Å². The van der Waals surface area contributed by atoms with E-state index in [0.717, 1.165) is 0 Å². The summed E-state index contributed by atoms with van der Waals surface area (Å²) in [5.74, 6) is -1.24. The minimum atomic E-state index is -3.53. The molecule has 8 heteroatoms. The van der Waals surface area contributed by atoms with Crippen molar-refractivity contribution in [2.75, 3.05) is 12.4 Å². The van der Waals surface area contributed by atoms with Crippen LogP contribution in [0.5, 0.6) is 5.75 Å². The maximum absolute atomic E-state index is 12.5. The Hall–Kier alpha value is -2.87. The topological polar surface area (TPSA) is 110 Å². The van der Waals surface area contributed by atoms with E-state index in [4.69, 9.17) is 9.84 Å². The van der Waals surface area contributed by atoms with Crippen LogP contribution in [0.4, 0.5) is 0 Å². The molecule has 0 spiro atoms. The van der Waals surface area contributed by atoms with Crippen LogP contribution in [-0.4, -0.2) is 37.8 Å². The van der Waals surface area contributed by atoms with Crippen molar-refractivity contribution < 1.29 is 27.9 Å². The number of carbonyl (C=O) groups is 2. The number of sulfone groups is 1. The lowest BCUT2D eigenvalue weighted by atomic mass is 10.2. The number of hydrogen-bond acceptors (Lipinski definition) is 5. The van der Waals surface area contributed by atoms with E-state index in [-0.39, 0.29) is 22.8 Å². The Balaban J connectivity index is 2.11. The second kappa shape index (κ2) is 9.18. The van der Waals surface area contributed by atoms with Gasteiger partial charge in [-0.05, 0) is 36.2 Å². The minimum absolute atomic E-state index is 0.0166. The molecule has 0 fully saturated rings. The number of aliphatic carboxylic acids is 1. The molecular weight excluding hydrogens is 370 g/mol. The summed E-state index contributed by atoms with van der Waals surface area (Å²) in [7, 11) is -3.53. The summed E-state index contributed by atoms with van der Waals surface area (Å²) in [6.07, 6.45) is 0.460. The maximum atomic E-state index is 12.5.